The van der Waals surface area contributed by atoms with Crippen LogP contribution in [0.1, 0.15) is 15.9 Å². The van der Waals surface area contributed by atoms with Gasteiger partial charge in [-0.05, 0) is 30.3 Å². The first-order valence-electron chi connectivity index (χ1n) is 9.00. The van der Waals surface area contributed by atoms with Crippen molar-refractivity contribution in [2.75, 3.05) is 20.0 Å². The van der Waals surface area contributed by atoms with Crippen LogP contribution in [0.15, 0.2) is 65.2 Å². The summed E-state index contributed by atoms with van der Waals surface area (Å²) in [6.07, 6.45) is 5.54. The van der Waals surface area contributed by atoms with Crippen molar-refractivity contribution in [3.8, 4) is 0 Å². The van der Waals surface area contributed by atoms with E-state index in [9.17, 15) is 17.8 Å². The van der Waals surface area contributed by atoms with Crippen LogP contribution in [0.2, 0.25) is 0 Å². The lowest BCUT2D eigenvalue weighted by molar-refractivity contribution is -0.671. The second-order valence-corrected chi connectivity index (χ2v) is 7.41. The second kappa shape index (κ2) is 11.1. The van der Waals surface area contributed by atoms with Gasteiger partial charge in [-0.25, -0.2) is 22.5 Å². The molecule has 0 saturated heterocycles. The van der Waals surface area contributed by atoms with Crippen LogP contribution in [-0.4, -0.2) is 42.9 Å². The van der Waals surface area contributed by atoms with Crippen LogP contribution in [0.3, 0.4) is 0 Å². The molecule has 1 aromatic carbocycles. The predicted molar refractivity (Wildman–Crippen MR) is 112 cm³/mol. The number of hydrogen-bond donors (Lipinski definition) is 1. The Hall–Kier alpha value is -3.68. The van der Waals surface area contributed by atoms with Crippen molar-refractivity contribution in [3.63, 3.8) is 0 Å². The van der Waals surface area contributed by atoms with Gasteiger partial charge in [-0.1, -0.05) is 0 Å². The largest absolute Gasteiger partial charge is 0.726 e. The zero-order valence-corrected chi connectivity index (χ0v) is 18.4. The molecule has 0 aliphatic carbocycles. The summed E-state index contributed by atoms with van der Waals surface area (Å²) in [7, 11) is -0.306. The first-order valence-corrected chi connectivity index (χ1v) is 10.3. The van der Waals surface area contributed by atoms with Crippen molar-refractivity contribution in [2.24, 2.45) is 17.3 Å². The molecule has 2 heterocycles. The highest BCUT2D eigenvalue weighted by Gasteiger charge is 2.09. The van der Waals surface area contributed by atoms with E-state index in [1.165, 1.54) is 7.11 Å². The molecule has 0 spiro atoms. The molecule has 0 unspecified atom stereocenters. The number of azo groups is 1. The summed E-state index contributed by atoms with van der Waals surface area (Å²) < 4.78 is 39.3. The number of hydrogen-bond acceptors (Lipinski definition) is 10. The first kappa shape index (κ1) is 24.6. The molecule has 0 atom stereocenters. The van der Waals surface area contributed by atoms with Crippen LogP contribution < -0.4 is 10.3 Å². The van der Waals surface area contributed by atoms with Gasteiger partial charge in [0.25, 0.3) is 0 Å². The number of nitrogen functional groups attached to an aromatic ring is 1. The highest BCUT2D eigenvalue weighted by molar-refractivity contribution is 7.80. The van der Waals surface area contributed by atoms with Gasteiger partial charge in [0.15, 0.2) is 12.4 Å². The number of ether oxygens (including phenoxy) is 1. The van der Waals surface area contributed by atoms with Gasteiger partial charge in [0, 0.05) is 11.6 Å². The monoisotopic (exact) mass is 462 g/mol. The Morgan fingerprint density at radius 3 is 2.44 bits per heavy atom. The molecule has 13 heteroatoms. The van der Waals surface area contributed by atoms with Gasteiger partial charge in [0.1, 0.15) is 18.6 Å². The molecule has 0 aliphatic heterocycles. The van der Waals surface area contributed by atoms with E-state index in [1.807, 2.05) is 36.1 Å². The standard InChI is InChI=1S/C18H18N6O2.CH4O4S/c1-23-9-3-4-13(11-23)12-24-17(19)16(10-20-24)22-21-15-7-5-14(6-8-15)18(25)26-2;1-5-6(2,3)4/h3-11H,12H2,1-2H3,(H-,19,20,21,25);1H3,(H,2,3,4). The number of aromatic nitrogens is 3. The fourth-order valence-corrected chi connectivity index (χ4v) is 2.40. The lowest BCUT2D eigenvalue weighted by Gasteiger charge is -2.03. The summed E-state index contributed by atoms with van der Waals surface area (Å²) in [5, 5.41) is 12.5. The number of carbonyl (C=O) groups excluding carboxylic acids is 1. The van der Waals surface area contributed by atoms with E-state index in [-0.39, 0.29) is 0 Å². The molecule has 0 fully saturated rings. The predicted octanol–water partition coefficient (Wildman–Crippen LogP) is 1.63. The molecular formula is C19H22N6O6S. The SMILES string of the molecule is COC(=O)c1ccc(/N=N/c2cnn(Cc3ccc[n+](C)c3)c2N)cc1.COS(=O)(=O)[O-]. The van der Waals surface area contributed by atoms with E-state index < -0.39 is 16.4 Å². The van der Waals surface area contributed by atoms with Crippen molar-refractivity contribution >= 4 is 33.6 Å². The van der Waals surface area contributed by atoms with Crippen LogP contribution in [0, 0.1) is 0 Å². The van der Waals surface area contributed by atoms with Crippen LogP contribution >= 0.6 is 0 Å². The third-order valence-corrected chi connectivity index (χ3v) is 4.37. The Morgan fingerprint density at radius 1 is 1.22 bits per heavy atom. The van der Waals surface area contributed by atoms with E-state index in [0.717, 1.165) is 12.7 Å². The van der Waals surface area contributed by atoms with E-state index in [1.54, 1.807) is 35.1 Å². The maximum atomic E-state index is 11.4. The average Bonchev–Trinajstić information content (AvgIpc) is 3.11. The summed E-state index contributed by atoms with van der Waals surface area (Å²) in [5.74, 6) is 0.0414. The fraction of sp³-hybridized carbons (Fsp3) is 0.211. The zero-order chi connectivity index (χ0) is 23.7. The number of carbonyl (C=O) groups is 1. The molecule has 170 valence electrons. The summed E-state index contributed by atoms with van der Waals surface area (Å²) in [5.41, 5.74) is 8.73. The number of pyridine rings is 1. The van der Waals surface area contributed by atoms with E-state index in [4.69, 9.17) is 5.73 Å². The van der Waals surface area contributed by atoms with Gasteiger partial charge in [0.2, 0.25) is 10.4 Å². The van der Waals surface area contributed by atoms with Crippen LogP contribution in [0.25, 0.3) is 0 Å². The average molecular weight is 462 g/mol. The number of aryl methyl sites for hydroxylation is 1. The number of benzene rings is 1. The van der Waals surface area contributed by atoms with Gasteiger partial charge < -0.3 is 15.0 Å². The Morgan fingerprint density at radius 2 is 1.88 bits per heavy atom. The maximum Gasteiger partial charge on any atom is 0.337 e. The van der Waals surface area contributed by atoms with E-state index >= 15 is 0 Å². The number of nitrogens with two attached hydrogens (primary N) is 1. The molecule has 2 N–H and O–H groups in total. The minimum Gasteiger partial charge on any atom is -0.726 e. The topological polar surface area (TPSA) is 165 Å². The molecule has 3 aromatic rings. The van der Waals surface area contributed by atoms with E-state index in [2.05, 4.69) is 24.2 Å². The molecule has 0 aliphatic rings. The zero-order valence-electron chi connectivity index (χ0n) is 17.6. The summed E-state index contributed by atoms with van der Waals surface area (Å²) in [6.45, 7) is 0.545. The van der Waals surface area contributed by atoms with Crippen molar-refractivity contribution < 1.29 is 31.3 Å². The fourth-order valence-electron chi connectivity index (χ4n) is 2.40. The minimum atomic E-state index is -4.41. The number of methoxy groups -OCH3 is 1. The Labute approximate surface area is 184 Å². The minimum absolute atomic E-state index is 0.395. The summed E-state index contributed by atoms with van der Waals surface area (Å²) in [6, 6.07) is 10.6. The highest BCUT2D eigenvalue weighted by Crippen LogP contribution is 2.24. The summed E-state index contributed by atoms with van der Waals surface area (Å²) >= 11 is 0. The Kier molecular flexibility index (Phi) is 8.52. The molecule has 3 rings (SSSR count). The van der Waals surface area contributed by atoms with Gasteiger partial charge in [-0.3, -0.25) is 4.18 Å². The molecule has 0 saturated carbocycles. The second-order valence-electron chi connectivity index (χ2n) is 6.26. The van der Waals surface area contributed by atoms with Crippen molar-refractivity contribution in [3.05, 3.63) is 66.1 Å². The first-order chi connectivity index (χ1) is 15.1. The van der Waals surface area contributed by atoms with Gasteiger partial charge >= 0.3 is 5.97 Å². The van der Waals surface area contributed by atoms with Gasteiger partial charge in [-0.2, -0.15) is 10.2 Å². The molecule has 32 heavy (non-hydrogen) atoms. The van der Waals surface area contributed by atoms with Crippen molar-refractivity contribution in [1.82, 2.24) is 9.78 Å². The van der Waals surface area contributed by atoms with Crippen molar-refractivity contribution in [1.29, 1.82) is 0 Å². The molecule has 0 bridgehead atoms. The maximum absolute atomic E-state index is 11.4. The molecule has 0 amide bonds. The Balaban J connectivity index is 0.000000534. The smallest absolute Gasteiger partial charge is 0.337 e. The lowest BCUT2D eigenvalue weighted by Crippen LogP contribution is -2.27. The van der Waals surface area contributed by atoms with Crippen molar-refractivity contribution in [2.45, 2.75) is 6.54 Å². The highest BCUT2D eigenvalue weighted by atomic mass is 32.3. The molecule has 2 aromatic heterocycles. The number of esters is 1. The van der Waals surface area contributed by atoms with Crippen LogP contribution in [0.5, 0.6) is 0 Å². The number of rotatable bonds is 6. The number of anilines is 1. The molecule has 12 nitrogen and oxygen atoms in total. The quantitative estimate of drug-likeness (QED) is 0.190. The number of nitrogens with zero attached hydrogens (tertiary/aromatic N) is 5. The van der Waals surface area contributed by atoms with Crippen LogP contribution in [-0.2, 0) is 32.9 Å². The summed E-state index contributed by atoms with van der Waals surface area (Å²) in [4.78, 5) is 11.4. The molecular weight excluding hydrogens is 440 g/mol. The third kappa shape index (κ3) is 7.54. The lowest BCUT2D eigenvalue weighted by atomic mass is 10.2. The van der Waals surface area contributed by atoms with Gasteiger partial charge in [-0.15, -0.1) is 5.11 Å². The normalized spacial score (nSPS) is 11.1. The van der Waals surface area contributed by atoms with Gasteiger partial charge in [0.05, 0.1) is 38.2 Å². The third-order valence-electron chi connectivity index (χ3n) is 3.96. The van der Waals surface area contributed by atoms with Crippen LogP contribution in [0.4, 0.5) is 17.2 Å². The Bertz CT molecular complexity index is 1190. The van der Waals surface area contributed by atoms with E-state index in [0.29, 0.717) is 29.3 Å². The molecule has 0 radical (unpaired) electrons.